The molecule has 0 unspecified atom stereocenters. The fourth-order valence-corrected chi connectivity index (χ4v) is 4.53. The molecule has 0 spiro atoms. The number of carbonyl (C=O) groups is 1. The van der Waals surface area contributed by atoms with Gasteiger partial charge in [-0.05, 0) is 41.8 Å². The molecule has 5 nitrogen and oxygen atoms in total. The maximum atomic E-state index is 13.5. The third kappa shape index (κ3) is 3.35. The highest BCUT2D eigenvalue weighted by atomic mass is 32.1. The van der Waals surface area contributed by atoms with Crippen molar-refractivity contribution in [2.75, 3.05) is 4.90 Å². The van der Waals surface area contributed by atoms with E-state index >= 15 is 0 Å². The molecule has 3 heterocycles. The van der Waals surface area contributed by atoms with Crippen molar-refractivity contribution in [3.05, 3.63) is 89.9 Å². The van der Waals surface area contributed by atoms with Gasteiger partial charge in [0.2, 0.25) is 0 Å². The maximum absolute atomic E-state index is 13.5. The van der Waals surface area contributed by atoms with Crippen molar-refractivity contribution < 1.29 is 9.21 Å². The number of aryl methyl sites for hydroxylation is 1. The van der Waals surface area contributed by atoms with Crippen LogP contribution in [0.25, 0.3) is 21.2 Å². The maximum Gasteiger partial charge on any atom is 0.296 e. The lowest BCUT2D eigenvalue weighted by Gasteiger charge is -2.18. The molecule has 0 radical (unpaired) electrons. The molecule has 0 saturated heterocycles. The van der Waals surface area contributed by atoms with Crippen LogP contribution in [0.1, 0.15) is 28.6 Å². The molecule has 1 amide bonds. The summed E-state index contributed by atoms with van der Waals surface area (Å²) < 4.78 is 6.93. The summed E-state index contributed by atoms with van der Waals surface area (Å²) in [5.41, 5.74) is 3.75. The average Bonchev–Trinajstić information content (AvgIpc) is 3.41. The van der Waals surface area contributed by atoms with Crippen molar-refractivity contribution in [2.45, 2.75) is 19.9 Å². The number of thiazole rings is 1. The van der Waals surface area contributed by atoms with Gasteiger partial charge < -0.3 is 4.42 Å². The van der Waals surface area contributed by atoms with Crippen LogP contribution in [0.3, 0.4) is 0 Å². The molecule has 6 heteroatoms. The van der Waals surface area contributed by atoms with E-state index in [0.29, 0.717) is 23.0 Å². The van der Waals surface area contributed by atoms with Crippen LogP contribution in [0.5, 0.6) is 0 Å². The number of amides is 1. The van der Waals surface area contributed by atoms with Crippen molar-refractivity contribution in [3.63, 3.8) is 0 Å². The van der Waals surface area contributed by atoms with Gasteiger partial charge in [0.15, 0.2) is 10.9 Å². The second kappa shape index (κ2) is 7.72. The van der Waals surface area contributed by atoms with Crippen LogP contribution >= 0.6 is 11.3 Å². The smallest absolute Gasteiger partial charge is 0.296 e. The zero-order chi connectivity index (χ0) is 20.5. The van der Waals surface area contributed by atoms with E-state index in [-0.39, 0.29) is 5.91 Å². The molecule has 0 fully saturated rings. The quantitative estimate of drug-likeness (QED) is 0.363. The number of para-hydroxylation sites is 2. The molecule has 0 N–H and O–H groups in total. The molecule has 148 valence electrons. The molecule has 30 heavy (non-hydrogen) atoms. The van der Waals surface area contributed by atoms with Gasteiger partial charge in [0.25, 0.3) is 5.91 Å². The molecule has 5 aromatic rings. The highest BCUT2D eigenvalue weighted by molar-refractivity contribution is 7.22. The number of benzene rings is 2. The van der Waals surface area contributed by atoms with E-state index in [1.54, 1.807) is 23.4 Å². The van der Waals surface area contributed by atoms with E-state index in [1.165, 1.54) is 16.9 Å². The Balaban J connectivity index is 1.60. The van der Waals surface area contributed by atoms with Crippen LogP contribution in [-0.2, 0) is 13.0 Å². The summed E-state index contributed by atoms with van der Waals surface area (Å²) in [7, 11) is 0. The fourth-order valence-electron chi connectivity index (χ4n) is 3.52. The molecule has 0 saturated carbocycles. The number of furan rings is 1. The van der Waals surface area contributed by atoms with Crippen molar-refractivity contribution in [2.24, 2.45) is 0 Å². The number of carbonyl (C=O) groups excluding carboxylic acids is 1. The van der Waals surface area contributed by atoms with Crippen LogP contribution < -0.4 is 4.90 Å². The minimum absolute atomic E-state index is 0.216. The summed E-state index contributed by atoms with van der Waals surface area (Å²) >= 11 is 1.52. The minimum Gasteiger partial charge on any atom is -0.451 e. The molecule has 0 aliphatic carbocycles. The average molecular weight is 414 g/mol. The highest BCUT2D eigenvalue weighted by Gasteiger charge is 2.25. The molecule has 0 bridgehead atoms. The number of fused-ring (bicyclic) bond motifs is 2. The van der Waals surface area contributed by atoms with E-state index < -0.39 is 0 Å². The number of hydrogen-bond acceptors (Lipinski definition) is 5. The first-order valence-electron chi connectivity index (χ1n) is 9.80. The monoisotopic (exact) mass is 413 g/mol. The molecule has 0 atom stereocenters. The van der Waals surface area contributed by atoms with Gasteiger partial charge in [-0.15, -0.1) is 0 Å². The van der Waals surface area contributed by atoms with Crippen molar-refractivity contribution in [1.82, 2.24) is 9.97 Å². The van der Waals surface area contributed by atoms with Crippen LogP contribution in [0.15, 0.2) is 77.5 Å². The van der Waals surface area contributed by atoms with Gasteiger partial charge in [0, 0.05) is 17.8 Å². The topological polar surface area (TPSA) is 59.2 Å². The van der Waals surface area contributed by atoms with Crippen LogP contribution in [0.4, 0.5) is 5.13 Å². The first kappa shape index (κ1) is 18.5. The van der Waals surface area contributed by atoms with Gasteiger partial charge in [-0.1, -0.05) is 54.7 Å². The Bertz CT molecular complexity index is 1310. The zero-order valence-corrected chi connectivity index (χ0v) is 17.2. The largest absolute Gasteiger partial charge is 0.451 e. The second-order valence-electron chi connectivity index (χ2n) is 7.01. The summed E-state index contributed by atoms with van der Waals surface area (Å²) in [6, 6.07) is 19.4. The summed E-state index contributed by atoms with van der Waals surface area (Å²) in [6.07, 6.45) is 4.38. The lowest BCUT2D eigenvalue weighted by molar-refractivity contribution is 0.0960. The van der Waals surface area contributed by atoms with Crippen LogP contribution in [-0.4, -0.2) is 15.9 Å². The van der Waals surface area contributed by atoms with E-state index in [4.69, 9.17) is 9.40 Å². The summed E-state index contributed by atoms with van der Waals surface area (Å²) in [5.74, 6) is 0.0854. The van der Waals surface area contributed by atoms with Gasteiger partial charge in [-0.25, -0.2) is 4.98 Å². The highest BCUT2D eigenvalue weighted by Crippen LogP contribution is 2.33. The fraction of sp³-hybridized carbons (Fsp3) is 0.125. The third-order valence-electron chi connectivity index (χ3n) is 5.05. The number of rotatable bonds is 5. The number of aromatic nitrogens is 2. The van der Waals surface area contributed by atoms with E-state index in [2.05, 4.69) is 18.0 Å². The summed E-state index contributed by atoms with van der Waals surface area (Å²) in [6.45, 7) is 2.48. The molecule has 5 rings (SSSR count). The standard InChI is InChI=1S/C24H19N3O2S/c1-2-17-9-5-11-21-22(17)26-24(30-21)27(15-16-7-6-12-25-14-16)23(28)20-13-18-8-3-4-10-19(18)29-20/h3-14H,2,15H2,1H3. The normalized spacial score (nSPS) is 11.2. The predicted octanol–water partition coefficient (Wildman–Crippen LogP) is 5.85. The Labute approximate surface area is 177 Å². The molecular formula is C24H19N3O2S. The first-order valence-corrected chi connectivity index (χ1v) is 10.6. The van der Waals surface area contributed by atoms with Crippen LogP contribution in [0.2, 0.25) is 0 Å². The van der Waals surface area contributed by atoms with Gasteiger partial charge in [0.05, 0.1) is 16.8 Å². The Kier molecular flexibility index (Phi) is 4.77. The van der Waals surface area contributed by atoms with E-state index in [9.17, 15) is 4.79 Å². The number of hydrogen-bond donors (Lipinski definition) is 0. The summed E-state index contributed by atoms with van der Waals surface area (Å²) in [4.78, 5) is 24.2. The van der Waals surface area contributed by atoms with Crippen LogP contribution in [0, 0.1) is 0 Å². The molecule has 0 aliphatic heterocycles. The molecule has 3 aromatic heterocycles. The number of nitrogens with zero attached hydrogens (tertiary/aromatic N) is 3. The molecule has 2 aromatic carbocycles. The Morgan fingerprint density at radius 1 is 1.10 bits per heavy atom. The Morgan fingerprint density at radius 2 is 2.00 bits per heavy atom. The Hall–Kier alpha value is -3.51. The van der Waals surface area contributed by atoms with Gasteiger partial charge in [0.1, 0.15) is 5.58 Å². The SMILES string of the molecule is CCc1cccc2sc(N(Cc3cccnc3)C(=O)c3cc4ccccc4o3)nc12. The first-order chi connectivity index (χ1) is 14.7. The molecular weight excluding hydrogens is 394 g/mol. The van der Waals surface area contributed by atoms with Gasteiger partial charge in [-0.2, -0.15) is 0 Å². The van der Waals surface area contributed by atoms with Crippen molar-refractivity contribution in [1.29, 1.82) is 0 Å². The number of anilines is 1. The zero-order valence-electron chi connectivity index (χ0n) is 16.4. The molecule has 0 aliphatic rings. The predicted molar refractivity (Wildman–Crippen MR) is 120 cm³/mol. The number of pyridine rings is 1. The second-order valence-corrected chi connectivity index (χ2v) is 8.02. The lowest BCUT2D eigenvalue weighted by atomic mass is 10.1. The Morgan fingerprint density at radius 3 is 2.80 bits per heavy atom. The third-order valence-corrected chi connectivity index (χ3v) is 6.09. The summed E-state index contributed by atoms with van der Waals surface area (Å²) in [5, 5.41) is 1.56. The minimum atomic E-state index is -0.216. The van der Waals surface area contributed by atoms with E-state index in [0.717, 1.165) is 27.6 Å². The lowest BCUT2D eigenvalue weighted by Crippen LogP contribution is -2.30. The van der Waals surface area contributed by atoms with Gasteiger partial charge in [-0.3, -0.25) is 14.7 Å². The van der Waals surface area contributed by atoms with Gasteiger partial charge >= 0.3 is 0 Å². The van der Waals surface area contributed by atoms with Crippen molar-refractivity contribution in [3.8, 4) is 0 Å². The van der Waals surface area contributed by atoms with E-state index in [1.807, 2.05) is 48.5 Å². The van der Waals surface area contributed by atoms with Crippen molar-refractivity contribution >= 4 is 43.6 Å².